The average Bonchev–Trinajstić information content (AvgIpc) is 2.76. The molecule has 0 aliphatic carbocycles. The molecule has 2 N–H and O–H groups in total. The van der Waals surface area contributed by atoms with E-state index < -0.39 is 5.97 Å². The number of thiophene rings is 1. The molecule has 0 unspecified atom stereocenters. The Balaban J connectivity index is 1.92. The van der Waals surface area contributed by atoms with Crippen molar-refractivity contribution in [3.8, 4) is 0 Å². The molecule has 2 aromatic rings. The quantitative estimate of drug-likeness (QED) is 0.874. The van der Waals surface area contributed by atoms with Gasteiger partial charge < -0.3 is 10.4 Å². The maximum absolute atomic E-state index is 11.8. The molecule has 0 bridgehead atoms. The zero-order valence-electron chi connectivity index (χ0n) is 10.00. The monoisotopic (exact) mass is 276 g/mol. The third-order valence-corrected chi connectivity index (χ3v) is 3.27. The van der Waals surface area contributed by atoms with E-state index in [1.165, 1.54) is 11.3 Å². The molecule has 2 aromatic heterocycles. The van der Waals surface area contributed by atoms with Gasteiger partial charge in [-0.25, -0.2) is 0 Å². The van der Waals surface area contributed by atoms with Crippen molar-refractivity contribution in [1.82, 2.24) is 4.98 Å². The molecule has 98 valence electrons. The topological polar surface area (TPSA) is 79.3 Å². The predicted octanol–water partition coefficient (Wildman–Crippen LogP) is 1.95. The maximum Gasteiger partial charge on any atom is 0.308 e. The average molecular weight is 276 g/mol. The Morgan fingerprint density at radius 3 is 2.84 bits per heavy atom. The highest BCUT2D eigenvalue weighted by Crippen LogP contribution is 2.20. The lowest BCUT2D eigenvalue weighted by Crippen LogP contribution is -2.14. The van der Waals surface area contributed by atoms with E-state index in [0.29, 0.717) is 16.3 Å². The van der Waals surface area contributed by atoms with Crippen LogP contribution in [0.3, 0.4) is 0 Å². The third-order valence-electron chi connectivity index (χ3n) is 2.33. The van der Waals surface area contributed by atoms with E-state index in [1.54, 1.807) is 29.8 Å². The number of carboxylic acids is 1. The second-order valence-electron chi connectivity index (χ2n) is 3.92. The number of pyridine rings is 1. The van der Waals surface area contributed by atoms with Gasteiger partial charge in [0.2, 0.25) is 5.91 Å². The van der Waals surface area contributed by atoms with Crippen molar-refractivity contribution in [2.45, 2.75) is 12.8 Å². The SMILES string of the molecule is O=C(O)Cc1cc(NC(=O)Cc2ccccn2)cs1. The van der Waals surface area contributed by atoms with Gasteiger partial charge in [0.05, 0.1) is 18.5 Å². The van der Waals surface area contributed by atoms with E-state index >= 15 is 0 Å². The zero-order valence-corrected chi connectivity index (χ0v) is 10.8. The highest BCUT2D eigenvalue weighted by molar-refractivity contribution is 7.10. The van der Waals surface area contributed by atoms with Crippen molar-refractivity contribution in [3.63, 3.8) is 0 Å². The molecule has 0 aromatic carbocycles. The number of anilines is 1. The van der Waals surface area contributed by atoms with Crippen molar-refractivity contribution in [3.05, 3.63) is 46.4 Å². The van der Waals surface area contributed by atoms with Crippen LogP contribution in [-0.2, 0) is 22.4 Å². The van der Waals surface area contributed by atoms with E-state index in [1.807, 2.05) is 6.07 Å². The van der Waals surface area contributed by atoms with E-state index in [9.17, 15) is 9.59 Å². The molecule has 0 saturated heterocycles. The van der Waals surface area contributed by atoms with Crippen LogP contribution in [0.15, 0.2) is 35.8 Å². The fraction of sp³-hybridized carbons (Fsp3) is 0.154. The number of carbonyl (C=O) groups excluding carboxylic acids is 1. The minimum Gasteiger partial charge on any atom is -0.481 e. The van der Waals surface area contributed by atoms with Crippen LogP contribution in [0.25, 0.3) is 0 Å². The number of carbonyl (C=O) groups is 2. The van der Waals surface area contributed by atoms with Crippen molar-refractivity contribution in [1.29, 1.82) is 0 Å². The molecular weight excluding hydrogens is 264 g/mol. The lowest BCUT2D eigenvalue weighted by Gasteiger charge is -2.01. The molecule has 0 aliphatic heterocycles. The number of aliphatic carboxylic acids is 1. The Bertz CT molecular complexity index is 581. The summed E-state index contributed by atoms with van der Waals surface area (Å²) in [7, 11) is 0. The van der Waals surface area contributed by atoms with Gasteiger partial charge in [-0.1, -0.05) is 6.07 Å². The first-order valence-corrected chi connectivity index (χ1v) is 6.50. The van der Waals surface area contributed by atoms with Gasteiger partial charge in [0, 0.05) is 22.1 Å². The standard InChI is InChI=1S/C13H12N2O3S/c16-12(6-9-3-1-2-4-14-9)15-10-5-11(19-8-10)7-13(17)18/h1-5,8H,6-7H2,(H,15,16)(H,17,18). The Morgan fingerprint density at radius 1 is 1.32 bits per heavy atom. The van der Waals surface area contributed by atoms with Gasteiger partial charge >= 0.3 is 5.97 Å². The van der Waals surface area contributed by atoms with Gasteiger partial charge in [0.25, 0.3) is 0 Å². The first kappa shape index (κ1) is 13.2. The molecule has 0 radical (unpaired) electrons. The lowest BCUT2D eigenvalue weighted by molar-refractivity contribution is -0.136. The summed E-state index contributed by atoms with van der Waals surface area (Å²) in [6, 6.07) is 7.07. The zero-order chi connectivity index (χ0) is 13.7. The largest absolute Gasteiger partial charge is 0.481 e. The normalized spacial score (nSPS) is 10.1. The number of carboxylic acid groups (broad SMARTS) is 1. The van der Waals surface area contributed by atoms with Crippen molar-refractivity contribution in [2.24, 2.45) is 0 Å². The summed E-state index contributed by atoms with van der Waals surface area (Å²) in [5.74, 6) is -1.05. The molecule has 0 atom stereocenters. The molecule has 5 nitrogen and oxygen atoms in total. The van der Waals surface area contributed by atoms with Crippen LogP contribution >= 0.6 is 11.3 Å². The highest BCUT2D eigenvalue weighted by Gasteiger charge is 2.08. The number of nitrogens with one attached hydrogen (secondary N) is 1. The van der Waals surface area contributed by atoms with Gasteiger partial charge in [-0.15, -0.1) is 11.3 Å². The summed E-state index contributed by atoms with van der Waals surface area (Å²) >= 11 is 1.31. The van der Waals surface area contributed by atoms with Crippen LogP contribution in [-0.4, -0.2) is 22.0 Å². The van der Waals surface area contributed by atoms with E-state index in [4.69, 9.17) is 5.11 Å². The number of rotatable bonds is 5. The fourth-order valence-corrected chi connectivity index (χ4v) is 2.37. The molecular formula is C13H12N2O3S. The Morgan fingerprint density at radius 2 is 2.16 bits per heavy atom. The molecule has 0 saturated carbocycles. The molecule has 1 amide bonds. The minimum absolute atomic E-state index is 0.0270. The predicted molar refractivity (Wildman–Crippen MR) is 72.2 cm³/mol. The van der Waals surface area contributed by atoms with Crippen LogP contribution in [0.2, 0.25) is 0 Å². The molecule has 0 aliphatic rings. The Hall–Kier alpha value is -2.21. The van der Waals surface area contributed by atoms with Crippen LogP contribution in [0, 0.1) is 0 Å². The minimum atomic E-state index is -0.881. The summed E-state index contributed by atoms with van der Waals surface area (Å²) in [5.41, 5.74) is 1.32. The first-order chi connectivity index (χ1) is 9.13. The molecule has 19 heavy (non-hydrogen) atoms. The molecule has 6 heteroatoms. The highest BCUT2D eigenvalue weighted by atomic mass is 32.1. The summed E-state index contributed by atoms with van der Waals surface area (Å²) in [5, 5.41) is 13.1. The number of nitrogens with zero attached hydrogens (tertiary/aromatic N) is 1. The van der Waals surface area contributed by atoms with Crippen LogP contribution in [0.5, 0.6) is 0 Å². The number of amides is 1. The summed E-state index contributed by atoms with van der Waals surface area (Å²) in [6.07, 6.45) is 1.81. The molecule has 0 spiro atoms. The van der Waals surface area contributed by atoms with Gasteiger partial charge in [-0.3, -0.25) is 14.6 Å². The molecule has 2 heterocycles. The van der Waals surface area contributed by atoms with Gasteiger partial charge in [-0.2, -0.15) is 0 Å². The molecule has 0 fully saturated rings. The summed E-state index contributed by atoms with van der Waals surface area (Å²) in [6.45, 7) is 0. The Labute approximate surface area is 113 Å². The fourth-order valence-electron chi connectivity index (χ4n) is 1.56. The Kier molecular flexibility index (Phi) is 4.25. The number of aromatic nitrogens is 1. The van der Waals surface area contributed by atoms with Gasteiger partial charge in [0.15, 0.2) is 0 Å². The van der Waals surface area contributed by atoms with Crippen LogP contribution in [0.4, 0.5) is 5.69 Å². The van der Waals surface area contributed by atoms with Gasteiger partial charge in [-0.05, 0) is 18.2 Å². The van der Waals surface area contributed by atoms with E-state index in [0.717, 1.165) is 0 Å². The smallest absolute Gasteiger partial charge is 0.308 e. The lowest BCUT2D eigenvalue weighted by atomic mass is 10.2. The van der Waals surface area contributed by atoms with Crippen LogP contribution < -0.4 is 5.32 Å². The van der Waals surface area contributed by atoms with E-state index in [2.05, 4.69) is 10.3 Å². The second kappa shape index (κ2) is 6.10. The van der Waals surface area contributed by atoms with Crippen LogP contribution in [0.1, 0.15) is 10.6 Å². The maximum atomic E-state index is 11.8. The molecule has 2 rings (SSSR count). The van der Waals surface area contributed by atoms with E-state index in [-0.39, 0.29) is 18.7 Å². The third kappa shape index (κ3) is 4.18. The van der Waals surface area contributed by atoms with Gasteiger partial charge in [0.1, 0.15) is 0 Å². The van der Waals surface area contributed by atoms with Crippen molar-refractivity contribution >= 4 is 28.9 Å². The first-order valence-electron chi connectivity index (χ1n) is 5.62. The number of hydrogen-bond donors (Lipinski definition) is 2. The second-order valence-corrected chi connectivity index (χ2v) is 4.91. The van der Waals surface area contributed by atoms with Crippen molar-refractivity contribution in [2.75, 3.05) is 5.32 Å². The van der Waals surface area contributed by atoms with Crippen molar-refractivity contribution < 1.29 is 14.7 Å². The summed E-state index contributed by atoms with van der Waals surface area (Å²) < 4.78 is 0. The number of hydrogen-bond acceptors (Lipinski definition) is 4. The summed E-state index contributed by atoms with van der Waals surface area (Å²) in [4.78, 5) is 27.1.